The fraction of sp³-hybridized carbons (Fsp3) is 0.433. The predicted octanol–water partition coefficient (Wildman–Crippen LogP) is 6.25. The molecule has 1 aliphatic heterocycles. The molecule has 10 heteroatoms. The number of nitrogens with zero attached hydrogens (tertiary/aromatic N) is 3. The average Bonchev–Trinajstić information content (AvgIpc) is 2.95. The third-order valence-electron chi connectivity index (χ3n) is 7.31. The monoisotopic (exact) mass is 572 g/mol. The lowest BCUT2D eigenvalue weighted by molar-refractivity contribution is -0.133. The van der Waals surface area contributed by atoms with Crippen LogP contribution < -0.4 is 5.32 Å². The number of nitrogens with one attached hydrogen (secondary N) is 1. The average molecular weight is 573 g/mol. The molecule has 0 saturated carbocycles. The van der Waals surface area contributed by atoms with Gasteiger partial charge in [-0.05, 0) is 68.3 Å². The Bertz CT molecular complexity index is 1310. The first-order valence-corrected chi connectivity index (χ1v) is 14.0. The van der Waals surface area contributed by atoms with Gasteiger partial charge in [-0.15, -0.1) is 0 Å². The van der Waals surface area contributed by atoms with Gasteiger partial charge in [0.25, 0.3) is 0 Å². The number of alkyl halides is 1. The highest BCUT2D eigenvalue weighted by molar-refractivity contribution is 6.31. The minimum Gasteiger partial charge on any atom is -0.447 e. The molecule has 2 aromatic carbocycles. The SMILES string of the molecule is CN(C(=O)CCc1cccc(F)c1Cl)[C@@H](CCCN1CCCC(F)C1)COC(=O)Nc1cc2ccccc2cn1. The number of carbonyl (C=O) groups is 2. The molecule has 0 spiro atoms. The molecule has 0 aliphatic carbocycles. The summed E-state index contributed by atoms with van der Waals surface area (Å²) in [7, 11) is 1.67. The molecular weight excluding hydrogens is 538 g/mol. The number of ether oxygens (including phenoxy) is 1. The summed E-state index contributed by atoms with van der Waals surface area (Å²) in [4.78, 5) is 33.6. The van der Waals surface area contributed by atoms with E-state index >= 15 is 0 Å². The molecule has 1 aliphatic rings. The van der Waals surface area contributed by atoms with Gasteiger partial charge in [0.1, 0.15) is 24.4 Å². The van der Waals surface area contributed by atoms with Crippen molar-refractivity contribution in [3.63, 3.8) is 0 Å². The Morgan fingerprint density at radius 2 is 2.02 bits per heavy atom. The van der Waals surface area contributed by atoms with Crippen LogP contribution in [-0.4, -0.2) is 72.3 Å². The van der Waals surface area contributed by atoms with E-state index in [0.29, 0.717) is 43.7 Å². The Hall–Kier alpha value is -3.30. The van der Waals surface area contributed by atoms with Crippen molar-refractivity contribution >= 4 is 40.2 Å². The Kier molecular flexibility index (Phi) is 10.7. The third kappa shape index (κ3) is 8.35. The highest BCUT2D eigenvalue weighted by Gasteiger charge is 2.24. The number of likely N-dealkylation sites (tertiary alicyclic amines) is 1. The number of carbonyl (C=O) groups excluding carboxylic acids is 2. The highest BCUT2D eigenvalue weighted by atomic mass is 35.5. The summed E-state index contributed by atoms with van der Waals surface area (Å²) in [6.45, 7) is 1.95. The van der Waals surface area contributed by atoms with Gasteiger partial charge < -0.3 is 14.5 Å². The summed E-state index contributed by atoms with van der Waals surface area (Å²) in [5.74, 6) is -0.332. The number of aromatic nitrogens is 1. The molecule has 214 valence electrons. The number of likely N-dealkylation sites (N-methyl/N-ethyl adjacent to an activating group) is 1. The van der Waals surface area contributed by atoms with Crippen LogP contribution in [0.2, 0.25) is 5.02 Å². The minimum atomic E-state index is -0.806. The molecule has 7 nitrogen and oxygen atoms in total. The molecule has 1 N–H and O–H groups in total. The molecule has 2 amide bonds. The van der Waals surface area contributed by atoms with Crippen LogP contribution in [0.1, 0.15) is 37.7 Å². The maximum atomic E-state index is 13.8. The topological polar surface area (TPSA) is 74.8 Å². The Morgan fingerprint density at radius 1 is 1.23 bits per heavy atom. The zero-order valence-corrected chi connectivity index (χ0v) is 23.4. The van der Waals surface area contributed by atoms with E-state index in [4.69, 9.17) is 16.3 Å². The quantitative estimate of drug-likeness (QED) is 0.294. The van der Waals surface area contributed by atoms with E-state index in [0.717, 1.165) is 23.7 Å². The number of fused-ring (bicyclic) bond motifs is 1. The molecule has 4 rings (SSSR count). The summed E-state index contributed by atoms with van der Waals surface area (Å²) in [5.41, 5.74) is 0.560. The van der Waals surface area contributed by atoms with Crippen molar-refractivity contribution in [2.75, 3.05) is 38.6 Å². The van der Waals surface area contributed by atoms with Crippen molar-refractivity contribution in [3.8, 4) is 0 Å². The van der Waals surface area contributed by atoms with Crippen molar-refractivity contribution in [3.05, 3.63) is 71.1 Å². The normalized spacial score (nSPS) is 16.4. The Balaban J connectivity index is 1.35. The van der Waals surface area contributed by atoms with Crippen LogP contribution in [0, 0.1) is 5.82 Å². The minimum absolute atomic E-state index is 0.0181. The smallest absolute Gasteiger partial charge is 0.412 e. The standard InChI is InChI=1S/C30H35ClF2N4O3/c1-36(28(38)14-13-21-9-4-12-26(33)29(21)31)25(11-6-16-37-15-5-10-24(32)19-37)20-40-30(39)35-27-17-22-7-2-3-8-23(22)18-34-27/h2-4,7-9,12,17-18,24-25H,5-6,10-11,13-16,19-20H2,1H3,(H,34,35,39)/t24?,25-/m0/s1. The number of hydrogen-bond acceptors (Lipinski definition) is 5. The van der Waals surface area contributed by atoms with Crippen molar-refractivity contribution in [1.29, 1.82) is 0 Å². The molecule has 0 radical (unpaired) electrons. The van der Waals surface area contributed by atoms with Gasteiger partial charge in [-0.1, -0.05) is 48.0 Å². The van der Waals surface area contributed by atoms with Crippen molar-refractivity contribution in [2.45, 2.75) is 50.7 Å². The summed E-state index contributed by atoms with van der Waals surface area (Å²) >= 11 is 6.05. The first-order valence-electron chi connectivity index (χ1n) is 13.6. The van der Waals surface area contributed by atoms with Gasteiger partial charge >= 0.3 is 6.09 Å². The van der Waals surface area contributed by atoms with E-state index in [1.165, 1.54) is 6.07 Å². The van der Waals surface area contributed by atoms with Crippen LogP contribution in [0.4, 0.5) is 19.4 Å². The molecule has 2 heterocycles. The van der Waals surface area contributed by atoms with Crippen LogP contribution >= 0.6 is 11.6 Å². The van der Waals surface area contributed by atoms with Gasteiger partial charge in [0, 0.05) is 31.6 Å². The fourth-order valence-corrected chi connectivity index (χ4v) is 5.19. The van der Waals surface area contributed by atoms with E-state index < -0.39 is 24.1 Å². The zero-order valence-electron chi connectivity index (χ0n) is 22.6. The molecule has 40 heavy (non-hydrogen) atoms. The maximum Gasteiger partial charge on any atom is 0.412 e. The number of aryl methyl sites for hydroxylation is 1. The second-order valence-corrected chi connectivity index (χ2v) is 10.6. The van der Waals surface area contributed by atoms with Gasteiger partial charge in [-0.2, -0.15) is 0 Å². The molecule has 1 unspecified atom stereocenters. The third-order valence-corrected chi connectivity index (χ3v) is 7.73. The lowest BCUT2D eigenvalue weighted by Gasteiger charge is -2.31. The Labute approximate surface area is 238 Å². The number of piperidine rings is 1. The molecule has 2 atom stereocenters. The second kappa shape index (κ2) is 14.4. The van der Waals surface area contributed by atoms with Gasteiger partial charge in [0.15, 0.2) is 0 Å². The number of halogens is 3. The van der Waals surface area contributed by atoms with Crippen molar-refractivity contribution < 1.29 is 23.1 Å². The Morgan fingerprint density at radius 3 is 2.83 bits per heavy atom. The van der Waals surface area contributed by atoms with E-state index in [9.17, 15) is 18.4 Å². The van der Waals surface area contributed by atoms with E-state index in [-0.39, 0.29) is 30.4 Å². The van der Waals surface area contributed by atoms with Gasteiger partial charge in [0.2, 0.25) is 5.91 Å². The van der Waals surface area contributed by atoms with Gasteiger partial charge in [-0.25, -0.2) is 18.6 Å². The lowest BCUT2D eigenvalue weighted by Crippen LogP contribution is -2.42. The summed E-state index contributed by atoms with van der Waals surface area (Å²) in [5, 5.41) is 4.56. The van der Waals surface area contributed by atoms with Crippen molar-refractivity contribution in [2.24, 2.45) is 0 Å². The molecule has 0 bridgehead atoms. The number of amides is 2. The molecule has 1 aromatic heterocycles. The molecule has 1 saturated heterocycles. The van der Waals surface area contributed by atoms with Crippen LogP contribution in [0.25, 0.3) is 10.8 Å². The van der Waals surface area contributed by atoms with Gasteiger partial charge in [0.05, 0.1) is 11.1 Å². The van der Waals surface area contributed by atoms with E-state index in [2.05, 4.69) is 15.2 Å². The lowest BCUT2D eigenvalue weighted by atomic mass is 10.1. The second-order valence-electron chi connectivity index (χ2n) is 10.2. The summed E-state index contributed by atoms with van der Waals surface area (Å²) < 4.78 is 33.1. The van der Waals surface area contributed by atoms with Crippen LogP contribution in [-0.2, 0) is 16.0 Å². The van der Waals surface area contributed by atoms with Crippen LogP contribution in [0.3, 0.4) is 0 Å². The van der Waals surface area contributed by atoms with Gasteiger partial charge in [-0.3, -0.25) is 10.1 Å². The number of hydrogen-bond donors (Lipinski definition) is 1. The molecule has 3 aromatic rings. The van der Waals surface area contributed by atoms with E-state index in [1.54, 1.807) is 36.3 Å². The van der Waals surface area contributed by atoms with Crippen molar-refractivity contribution in [1.82, 2.24) is 14.8 Å². The number of benzene rings is 2. The highest BCUT2D eigenvalue weighted by Crippen LogP contribution is 2.22. The maximum absolute atomic E-state index is 13.8. The molecule has 1 fully saturated rings. The first kappa shape index (κ1) is 29.7. The van der Waals surface area contributed by atoms with Crippen LogP contribution in [0.5, 0.6) is 0 Å². The predicted molar refractivity (Wildman–Crippen MR) is 153 cm³/mol. The number of anilines is 1. The summed E-state index contributed by atoms with van der Waals surface area (Å²) in [6, 6.07) is 13.6. The first-order chi connectivity index (χ1) is 19.3. The summed E-state index contributed by atoms with van der Waals surface area (Å²) in [6.07, 6.45) is 3.31. The number of pyridine rings is 1. The van der Waals surface area contributed by atoms with E-state index in [1.807, 2.05) is 24.3 Å². The number of rotatable bonds is 11. The molecular formula is C30H35ClF2N4O3. The zero-order chi connectivity index (χ0) is 28.5. The fourth-order valence-electron chi connectivity index (χ4n) is 4.97. The van der Waals surface area contributed by atoms with Crippen LogP contribution in [0.15, 0.2) is 54.7 Å². The largest absolute Gasteiger partial charge is 0.447 e.